The highest BCUT2D eigenvalue weighted by molar-refractivity contribution is 7.47. The van der Waals surface area contributed by atoms with Crippen LogP contribution in [0.5, 0.6) is 0 Å². The number of carbonyl (C=O) groups excluding carboxylic acids is 4. The third kappa shape index (κ3) is 66.7. The average Bonchev–Trinajstić information content (AvgIpc) is 2.12. The molecule has 0 amide bonds. The lowest BCUT2D eigenvalue weighted by molar-refractivity contribution is -0.161. The minimum Gasteiger partial charge on any atom is -0.462 e. The zero-order chi connectivity index (χ0) is 67.5. The Bertz CT molecular complexity index is 1760. The van der Waals surface area contributed by atoms with Crippen molar-refractivity contribution in [3.8, 4) is 0 Å². The van der Waals surface area contributed by atoms with Crippen molar-refractivity contribution >= 4 is 39.5 Å². The van der Waals surface area contributed by atoms with Gasteiger partial charge in [-0.3, -0.25) is 37.3 Å². The second-order valence-electron chi connectivity index (χ2n) is 26.3. The van der Waals surface area contributed by atoms with Crippen molar-refractivity contribution < 1.29 is 80.2 Å². The van der Waals surface area contributed by atoms with Crippen molar-refractivity contribution in [2.45, 2.75) is 406 Å². The Hall–Kier alpha value is -1.94. The molecule has 0 aromatic heterocycles. The first-order valence-electron chi connectivity index (χ1n) is 38.3. The van der Waals surface area contributed by atoms with Crippen molar-refractivity contribution in [3.63, 3.8) is 0 Å². The van der Waals surface area contributed by atoms with Crippen LogP contribution in [-0.4, -0.2) is 96.7 Å². The second kappa shape index (κ2) is 67.6. The summed E-state index contributed by atoms with van der Waals surface area (Å²) >= 11 is 0. The van der Waals surface area contributed by atoms with Gasteiger partial charge in [0.15, 0.2) is 12.2 Å². The molecule has 0 aromatic rings. The molecule has 5 atom stereocenters. The fourth-order valence-electron chi connectivity index (χ4n) is 11.2. The van der Waals surface area contributed by atoms with E-state index in [1.165, 1.54) is 212 Å². The summed E-state index contributed by atoms with van der Waals surface area (Å²) in [5.74, 6) is -2.13. The molecule has 0 aliphatic heterocycles. The maximum Gasteiger partial charge on any atom is 0.472 e. The molecule has 0 saturated heterocycles. The van der Waals surface area contributed by atoms with Gasteiger partial charge in [-0.15, -0.1) is 0 Å². The summed E-state index contributed by atoms with van der Waals surface area (Å²) in [6.45, 7) is 4.87. The quantitative estimate of drug-likeness (QED) is 0.0222. The molecular formula is C73H142O17P2. The van der Waals surface area contributed by atoms with Crippen LogP contribution in [0, 0.1) is 0 Å². The fraction of sp³-hybridized carbons (Fsp3) is 0.945. The highest BCUT2D eigenvalue weighted by Crippen LogP contribution is 2.45. The van der Waals surface area contributed by atoms with Gasteiger partial charge in [-0.2, -0.15) is 0 Å². The number of hydrogen-bond acceptors (Lipinski definition) is 15. The zero-order valence-electron chi connectivity index (χ0n) is 59.5. The number of carbonyl (C=O) groups is 4. The van der Waals surface area contributed by atoms with E-state index in [0.29, 0.717) is 25.7 Å². The monoisotopic (exact) mass is 1350 g/mol. The van der Waals surface area contributed by atoms with E-state index in [4.69, 9.17) is 37.0 Å². The topological polar surface area (TPSA) is 237 Å². The summed E-state index contributed by atoms with van der Waals surface area (Å²) in [6, 6.07) is 0. The van der Waals surface area contributed by atoms with Crippen molar-refractivity contribution in [3.05, 3.63) is 0 Å². The van der Waals surface area contributed by atoms with Crippen LogP contribution in [-0.2, 0) is 65.4 Å². The lowest BCUT2D eigenvalue weighted by Crippen LogP contribution is -2.30. The average molecular weight is 1350 g/mol. The molecule has 546 valence electrons. The Kier molecular flexibility index (Phi) is 66.2. The van der Waals surface area contributed by atoms with Gasteiger partial charge in [0.05, 0.1) is 26.4 Å². The number of ether oxygens (including phenoxy) is 4. The van der Waals surface area contributed by atoms with Crippen LogP contribution < -0.4 is 0 Å². The van der Waals surface area contributed by atoms with E-state index in [2.05, 4.69) is 27.7 Å². The Labute approximate surface area is 562 Å². The molecule has 0 aliphatic carbocycles. The van der Waals surface area contributed by atoms with Gasteiger partial charge in [-0.05, 0) is 25.7 Å². The first-order valence-corrected chi connectivity index (χ1v) is 41.3. The Morgan fingerprint density at radius 2 is 0.435 bits per heavy atom. The molecule has 0 aliphatic rings. The van der Waals surface area contributed by atoms with Crippen LogP contribution in [0.2, 0.25) is 0 Å². The van der Waals surface area contributed by atoms with Crippen LogP contribution in [0.1, 0.15) is 387 Å². The minimum absolute atomic E-state index is 0.107. The molecule has 0 aromatic carbocycles. The first kappa shape index (κ1) is 90.1. The molecule has 17 nitrogen and oxygen atoms in total. The molecule has 0 spiro atoms. The molecule has 0 saturated carbocycles. The van der Waals surface area contributed by atoms with E-state index in [0.717, 1.165) is 96.3 Å². The smallest absolute Gasteiger partial charge is 0.462 e. The first-order chi connectivity index (χ1) is 44.7. The van der Waals surface area contributed by atoms with Crippen LogP contribution in [0.15, 0.2) is 0 Å². The molecule has 0 radical (unpaired) electrons. The van der Waals surface area contributed by atoms with Crippen molar-refractivity contribution in [2.75, 3.05) is 39.6 Å². The fourth-order valence-corrected chi connectivity index (χ4v) is 12.8. The molecule has 0 bridgehead atoms. The third-order valence-electron chi connectivity index (χ3n) is 17.1. The lowest BCUT2D eigenvalue weighted by atomic mass is 10.0. The van der Waals surface area contributed by atoms with Gasteiger partial charge >= 0.3 is 39.5 Å². The van der Waals surface area contributed by atoms with E-state index < -0.39 is 97.5 Å². The highest BCUT2D eigenvalue weighted by atomic mass is 31.2. The molecule has 3 N–H and O–H groups in total. The number of phosphoric acid groups is 2. The SMILES string of the molecule is CCCCCCCCCCCCCCCCCCCCCCCC(=O)O[C@H](COC(=O)CCCCCCCCCCCCCCCCC)COP(=O)(O)OC[C@@H](O)COP(=O)(O)OC[C@@H](COC(=O)CCCCCCC)OC(=O)CCCCCCCCCCCCC. The van der Waals surface area contributed by atoms with Crippen LogP contribution >= 0.6 is 15.6 Å². The maximum absolute atomic E-state index is 13.1. The van der Waals surface area contributed by atoms with Crippen molar-refractivity contribution in [1.82, 2.24) is 0 Å². The number of esters is 4. The number of hydrogen-bond donors (Lipinski definition) is 3. The summed E-state index contributed by atoms with van der Waals surface area (Å²) < 4.78 is 68.2. The number of aliphatic hydroxyl groups is 1. The van der Waals surface area contributed by atoms with Crippen LogP contribution in [0.3, 0.4) is 0 Å². The summed E-state index contributed by atoms with van der Waals surface area (Å²) in [6.07, 6.45) is 57.4. The van der Waals surface area contributed by atoms with E-state index in [-0.39, 0.29) is 25.7 Å². The van der Waals surface area contributed by atoms with Gasteiger partial charge in [0.1, 0.15) is 19.3 Å². The maximum atomic E-state index is 13.1. The normalized spacial score (nSPS) is 13.9. The molecule has 19 heteroatoms. The van der Waals surface area contributed by atoms with Crippen molar-refractivity contribution in [2.24, 2.45) is 0 Å². The van der Waals surface area contributed by atoms with Gasteiger partial charge in [0.25, 0.3) is 0 Å². The number of unbranched alkanes of at least 4 members (excludes halogenated alkanes) is 48. The van der Waals surface area contributed by atoms with Gasteiger partial charge < -0.3 is 33.8 Å². The second-order valence-corrected chi connectivity index (χ2v) is 29.2. The predicted molar refractivity (Wildman–Crippen MR) is 372 cm³/mol. The number of aliphatic hydroxyl groups excluding tert-OH is 1. The number of rotatable bonds is 74. The van der Waals surface area contributed by atoms with Gasteiger partial charge in [0, 0.05) is 25.7 Å². The summed E-state index contributed by atoms with van der Waals surface area (Å²) in [7, 11) is -9.89. The summed E-state index contributed by atoms with van der Waals surface area (Å²) in [5.41, 5.74) is 0. The molecular weight excluding hydrogens is 1210 g/mol. The van der Waals surface area contributed by atoms with Gasteiger partial charge in [0.2, 0.25) is 0 Å². The van der Waals surface area contributed by atoms with Gasteiger partial charge in [-0.25, -0.2) is 9.13 Å². The molecule has 0 heterocycles. The van der Waals surface area contributed by atoms with E-state index in [1.807, 2.05) is 0 Å². The largest absolute Gasteiger partial charge is 0.472 e. The van der Waals surface area contributed by atoms with Gasteiger partial charge in [-0.1, -0.05) is 336 Å². The third-order valence-corrected chi connectivity index (χ3v) is 19.0. The van der Waals surface area contributed by atoms with Crippen LogP contribution in [0.4, 0.5) is 0 Å². The van der Waals surface area contributed by atoms with Crippen LogP contribution in [0.25, 0.3) is 0 Å². The predicted octanol–water partition coefficient (Wildman–Crippen LogP) is 21.4. The zero-order valence-corrected chi connectivity index (χ0v) is 61.3. The Balaban J connectivity index is 5.11. The summed E-state index contributed by atoms with van der Waals surface area (Å²) in [5, 5.41) is 10.6. The molecule has 0 rings (SSSR count). The van der Waals surface area contributed by atoms with E-state index in [1.54, 1.807) is 0 Å². The molecule has 2 unspecified atom stereocenters. The molecule has 92 heavy (non-hydrogen) atoms. The van der Waals surface area contributed by atoms with Crippen molar-refractivity contribution in [1.29, 1.82) is 0 Å². The standard InChI is InChI=1S/C73H142O17P2/c1-5-9-13-17-20-23-26-28-30-31-32-33-34-35-37-39-42-45-48-52-56-60-73(78)90-69(64-84-71(76)58-54-50-46-43-41-38-36-29-27-24-21-18-14-10-6-2)66-88-92(81,82)86-62-67(74)61-85-91(79,80)87-65-68(63-83-70(75)57-53-49-16-12-8-4)89-72(77)59-55-51-47-44-40-25-22-19-15-11-7-3/h67-69,74H,5-66H2,1-4H3,(H,79,80)(H,81,82)/t67-,68+,69+/m0/s1. The molecule has 0 fully saturated rings. The lowest BCUT2D eigenvalue weighted by Gasteiger charge is -2.21. The highest BCUT2D eigenvalue weighted by Gasteiger charge is 2.30. The Morgan fingerprint density at radius 3 is 0.641 bits per heavy atom. The summed E-state index contributed by atoms with van der Waals surface area (Å²) in [4.78, 5) is 72.3. The number of phosphoric ester groups is 2. The van der Waals surface area contributed by atoms with E-state index in [9.17, 15) is 43.2 Å². The minimum atomic E-state index is -4.95. The van der Waals surface area contributed by atoms with E-state index >= 15 is 0 Å². The Morgan fingerprint density at radius 1 is 0.261 bits per heavy atom.